The van der Waals surface area contributed by atoms with Gasteiger partial charge < -0.3 is 10.4 Å². The van der Waals surface area contributed by atoms with E-state index in [0.29, 0.717) is 5.92 Å². The Morgan fingerprint density at radius 3 is 3.05 bits per heavy atom. The minimum atomic E-state index is -0.632. The van der Waals surface area contributed by atoms with Gasteiger partial charge >= 0.3 is 5.97 Å². The van der Waals surface area contributed by atoms with Gasteiger partial charge in [0.05, 0.1) is 5.92 Å². The highest BCUT2D eigenvalue weighted by Crippen LogP contribution is 2.36. The predicted octanol–water partition coefficient (Wildman–Crippen LogP) is 2.48. The first-order chi connectivity index (χ1) is 9.22. The first-order valence-corrected chi connectivity index (χ1v) is 7.18. The van der Waals surface area contributed by atoms with Crippen molar-refractivity contribution >= 4 is 11.8 Å². The summed E-state index contributed by atoms with van der Waals surface area (Å²) in [5.74, 6) is 0.906. The van der Waals surface area contributed by atoms with Gasteiger partial charge in [-0.3, -0.25) is 4.79 Å². The largest absolute Gasteiger partial charge is 0.481 e. The van der Waals surface area contributed by atoms with Gasteiger partial charge in [-0.05, 0) is 56.1 Å². The summed E-state index contributed by atoms with van der Waals surface area (Å²) in [5, 5.41) is 12.2. The summed E-state index contributed by atoms with van der Waals surface area (Å²) in [6, 6.07) is 4.31. The molecule has 0 spiro atoms. The molecule has 0 saturated heterocycles. The van der Waals surface area contributed by atoms with E-state index in [0.717, 1.165) is 50.2 Å². The van der Waals surface area contributed by atoms with Crippen LogP contribution in [0.2, 0.25) is 0 Å². The van der Waals surface area contributed by atoms with Crippen LogP contribution in [-0.4, -0.2) is 22.6 Å². The van der Waals surface area contributed by atoms with Crippen molar-refractivity contribution in [2.75, 3.05) is 11.9 Å². The van der Waals surface area contributed by atoms with Crippen molar-refractivity contribution in [3.8, 4) is 0 Å². The summed E-state index contributed by atoms with van der Waals surface area (Å²) in [5.41, 5.74) is 2.46. The van der Waals surface area contributed by atoms with Crippen LogP contribution in [0.4, 0.5) is 5.82 Å². The van der Waals surface area contributed by atoms with Crippen molar-refractivity contribution in [1.82, 2.24) is 4.98 Å². The highest BCUT2D eigenvalue weighted by Gasteiger charge is 2.33. The van der Waals surface area contributed by atoms with Crippen LogP contribution in [0.1, 0.15) is 36.9 Å². The average molecular weight is 260 g/mol. The Morgan fingerprint density at radius 1 is 1.42 bits per heavy atom. The normalized spacial score (nSPS) is 25.1. The zero-order valence-electron chi connectivity index (χ0n) is 11.1. The Balaban J connectivity index is 1.52. The monoisotopic (exact) mass is 260 g/mol. The second-order valence-electron chi connectivity index (χ2n) is 5.75. The number of pyridine rings is 1. The van der Waals surface area contributed by atoms with Crippen molar-refractivity contribution in [3.05, 3.63) is 23.4 Å². The third kappa shape index (κ3) is 2.72. The molecule has 3 rings (SSSR count). The van der Waals surface area contributed by atoms with Crippen molar-refractivity contribution in [2.24, 2.45) is 11.8 Å². The van der Waals surface area contributed by atoms with Gasteiger partial charge in [-0.2, -0.15) is 0 Å². The minimum Gasteiger partial charge on any atom is -0.481 e. The fourth-order valence-electron chi connectivity index (χ4n) is 3.03. The number of anilines is 1. The van der Waals surface area contributed by atoms with Crippen LogP contribution in [0, 0.1) is 11.8 Å². The molecule has 0 bridgehead atoms. The molecule has 2 N–H and O–H groups in total. The van der Waals surface area contributed by atoms with Crippen LogP contribution in [0.3, 0.4) is 0 Å². The minimum absolute atomic E-state index is 0.0943. The molecule has 4 nitrogen and oxygen atoms in total. The summed E-state index contributed by atoms with van der Waals surface area (Å²) in [6.07, 6.45) is 6.03. The Hall–Kier alpha value is -1.58. The Morgan fingerprint density at radius 2 is 2.26 bits per heavy atom. The molecule has 0 aromatic carbocycles. The summed E-state index contributed by atoms with van der Waals surface area (Å²) in [7, 11) is 0. The van der Waals surface area contributed by atoms with Crippen LogP contribution >= 0.6 is 0 Å². The van der Waals surface area contributed by atoms with Crippen molar-refractivity contribution in [3.63, 3.8) is 0 Å². The van der Waals surface area contributed by atoms with Crippen LogP contribution < -0.4 is 5.32 Å². The quantitative estimate of drug-likeness (QED) is 0.873. The Bertz CT molecular complexity index is 481. The molecule has 4 heteroatoms. The maximum absolute atomic E-state index is 10.7. The first kappa shape index (κ1) is 12.5. The molecule has 1 aliphatic carbocycles. The molecule has 0 atom stereocenters. The summed E-state index contributed by atoms with van der Waals surface area (Å²) >= 11 is 0. The smallest absolute Gasteiger partial charge is 0.306 e. The number of carboxylic acid groups (broad SMARTS) is 1. The molecule has 0 radical (unpaired) electrons. The zero-order valence-corrected chi connectivity index (χ0v) is 11.1. The summed E-state index contributed by atoms with van der Waals surface area (Å²) < 4.78 is 0. The van der Waals surface area contributed by atoms with E-state index in [1.54, 1.807) is 0 Å². The predicted molar refractivity (Wildman–Crippen MR) is 73.2 cm³/mol. The van der Waals surface area contributed by atoms with E-state index >= 15 is 0 Å². The van der Waals surface area contributed by atoms with E-state index in [2.05, 4.69) is 22.4 Å². The second kappa shape index (κ2) is 5.19. The average Bonchev–Trinajstić information content (AvgIpc) is 2.36. The highest BCUT2D eigenvalue weighted by molar-refractivity contribution is 5.71. The molecule has 1 aliphatic heterocycles. The number of aliphatic carboxylic acids is 1. The van der Waals surface area contributed by atoms with Gasteiger partial charge in [0.2, 0.25) is 0 Å². The number of aromatic nitrogens is 1. The molecular weight excluding hydrogens is 240 g/mol. The lowest BCUT2D eigenvalue weighted by atomic mass is 9.72. The maximum Gasteiger partial charge on any atom is 0.306 e. The number of rotatable bonds is 4. The lowest BCUT2D eigenvalue weighted by Gasteiger charge is -2.32. The van der Waals surface area contributed by atoms with Crippen molar-refractivity contribution in [1.29, 1.82) is 0 Å². The lowest BCUT2D eigenvalue weighted by molar-refractivity contribution is -0.146. The fraction of sp³-hybridized carbons (Fsp3) is 0.600. The molecule has 1 aromatic heterocycles. The SMILES string of the molecule is O=C(O)C1CC(CCc2ccc3c(n2)NCCC3)C1. The van der Waals surface area contributed by atoms with Gasteiger partial charge in [0.15, 0.2) is 0 Å². The molecule has 1 saturated carbocycles. The number of aryl methyl sites for hydroxylation is 2. The van der Waals surface area contributed by atoms with E-state index in [9.17, 15) is 4.79 Å². The molecule has 2 aliphatic rings. The Labute approximate surface area is 113 Å². The van der Waals surface area contributed by atoms with Crippen LogP contribution in [0.25, 0.3) is 0 Å². The number of fused-ring (bicyclic) bond motifs is 1. The first-order valence-electron chi connectivity index (χ1n) is 7.18. The van der Waals surface area contributed by atoms with Crippen molar-refractivity contribution in [2.45, 2.75) is 38.5 Å². The van der Waals surface area contributed by atoms with Gasteiger partial charge in [-0.1, -0.05) is 6.07 Å². The van der Waals surface area contributed by atoms with Crippen LogP contribution in [0.5, 0.6) is 0 Å². The fourth-order valence-corrected chi connectivity index (χ4v) is 3.03. The van der Waals surface area contributed by atoms with Gasteiger partial charge in [0, 0.05) is 12.2 Å². The lowest BCUT2D eigenvalue weighted by Crippen LogP contribution is -2.30. The number of hydrogen-bond acceptors (Lipinski definition) is 3. The number of nitrogens with zero attached hydrogens (tertiary/aromatic N) is 1. The van der Waals surface area contributed by atoms with E-state index in [4.69, 9.17) is 5.11 Å². The van der Waals surface area contributed by atoms with E-state index in [1.807, 2.05) is 0 Å². The number of hydrogen-bond donors (Lipinski definition) is 2. The highest BCUT2D eigenvalue weighted by atomic mass is 16.4. The van der Waals surface area contributed by atoms with Gasteiger partial charge in [0.1, 0.15) is 5.82 Å². The van der Waals surface area contributed by atoms with Crippen LogP contribution in [-0.2, 0) is 17.6 Å². The molecule has 19 heavy (non-hydrogen) atoms. The summed E-state index contributed by atoms with van der Waals surface area (Å²) in [6.45, 7) is 1.02. The standard InChI is InChI=1S/C15H20N2O2/c18-15(19)12-8-10(9-12)3-5-13-6-4-11-2-1-7-16-14(11)17-13/h4,6,10,12H,1-3,5,7-9H2,(H,16,17)(H,18,19). The Kier molecular flexibility index (Phi) is 3.40. The van der Waals surface area contributed by atoms with E-state index in [1.165, 1.54) is 12.0 Å². The molecule has 102 valence electrons. The van der Waals surface area contributed by atoms with E-state index < -0.39 is 5.97 Å². The number of carbonyl (C=O) groups is 1. The number of carboxylic acids is 1. The van der Waals surface area contributed by atoms with E-state index in [-0.39, 0.29) is 5.92 Å². The van der Waals surface area contributed by atoms with Gasteiger partial charge in [0.25, 0.3) is 0 Å². The number of nitrogens with one attached hydrogen (secondary N) is 1. The molecule has 1 aromatic rings. The van der Waals surface area contributed by atoms with Crippen molar-refractivity contribution < 1.29 is 9.90 Å². The molecule has 0 amide bonds. The molecule has 0 unspecified atom stereocenters. The third-order valence-electron chi connectivity index (χ3n) is 4.35. The van der Waals surface area contributed by atoms with Gasteiger partial charge in [-0.15, -0.1) is 0 Å². The topological polar surface area (TPSA) is 62.2 Å². The van der Waals surface area contributed by atoms with Gasteiger partial charge in [-0.25, -0.2) is 4.98 Å². The van der Waals surface area contributed by atoms with Crippen LogP contribution in [0.15, 0.2) is 12.1 Å². The second-order valence-corrected chi connectivity index (χ2v) is 5.75. The molecule has 1 fully saturated rings. The molecular formula is C15H20N2O2. The third-order valence-corrected chi connectivity index (χ3v) is 4.35. The summed E-state index contributed by atoms with van der Waals surface area (Å²) in [4.78, 5) is 15.4. The maximum atomic E-state index is 10.7. The zero-order chi connectivity index (χ0) is 13.2. The molecule has 2 heterocycles.